The molecule has 14 heavy (non-hydrogen) atoms. The largest absolute Gasteiger partial charge is 0.508 e. The summed E-state index contributed by atoms with van der Waals surface area (Å²) < 4.78 is 5.58. The van der Waals surface area contributed by atoms with Gasteiger partial charge in [-0.3, -0.25) is 0 Å². The van der Waals surface area contributed by atoms with Crippen LogP contribution < -0.4 is 4.74 Å². The highest BCUT2D eigenvalue weighted by Crippen LogP contribution is 2.41. The maximum absolute atomic E-state index is 9.65. The average Bonchev–Trinajstić information content (AvgIpc) is 2.08. The molecule has 0 aromatic heterocycles. The Balaban J connectivity index is 2.59. The molecule has 0 bridgehead atoms. The Labute approximate surface area is 84.5 Å². The second kappa shape index (κ2) is 2.91. The first-order valence-corrected chi connectivity index (χ1v) is 4.97. The smallest absolute Gasteiger partial charge is 0.123 e. The van der Waals surface area contributed by atoms with E-state index in [1.807, 2.05) is 19.1 Å². The van der Waals surface area contributed by atoms with Gasteiger partial charge in [-0.2, -0.15) is 0 Å². The van der Waals surface area contributed by atoms with Crippen molar-refractivity contribution in [1.29, 1.82) is 0 Å². The zero-order valence-corrected chi connectivity index (χ0v) is 8.92. The molecular formula is C12H16O2. The van der Waals surface area contributed by atoms with Gasteiger partial charge in [0.2, 0.25) is 0 Å². The molecule has 0 atom stereocenters. The summed E-state index contributed by atoms with van der Waals surface area (Å²) in [5, 5.41) is 9.65. The minimum atomic E-state index is 0.110. The molecule has 2 rings (SSSR count). The molecule has 0 spiro atoms. The van der Waals surface area contributed by atoms with Crippen LogP contribution in [0.2, 0.25) is 0 Å². The van der Waals surface area contributed by atoms with Gasteiger partial charge in [0, 0.05) is 5.56 Å². The summed E-state index contributed by atoms with van der Waals surface area (Å²) in [6.45, 7) is 7.02. The standard InChI is InChI=1S/C12H16O2/c1-8-6-11-9(7-10(8)13)12(2,3)4-5-14-11/h6-7,13H,4-5H2,1-3H3. The van der Waals surface area contributed by atoms with E-state index in [-0.39, 0.29) is 5.41 Å². The molecular weight excluding hydrogens is 176 g/mol. The number of phenols is 1. The van der Waals surface area contributed by atoms with Crippen LogP contribution in [0.5, 0.6) is 11.5 Å². The van der Waals surface area contributed by atoms with E-state index < -0.39 is 0 Å². The van der Waals surface area contributed by atoms with Gasteiger partial charge >= 0.3 is 0 Å². The SMILES string of the molecule is Cc1cc2c(cc1O)C(C)(C)CCO2. The Morgan fingerprint density at radius 3 is 2.79 bits per heavy atom. The van der Waals surface area contributed by atoms with Crippen LogP contribution >= 0.6 is 0 Å². The lowest BCUT2D eigenvalue weighted by Crippen LogP contribution is -2.26. The molecule has 0 saturated heterocycles. The summed E-state index contributed by atoms with van der Waals surface area (Å²) in [5.74, 6) is 1.29. The average molecular weight is 192 g/mol. The van der Waals surface area contributed by atoms with Crippen molar-refractivity contribution < 1.29 is 9.84 Å². The van der Waals surface area contributed by atoms with Crippen LogP contribution in [-0.4, -0.2) is 11.7 Å². The number of benzene rings is 1. The van der Waals surface area contributed by atoms with Crippen LogP contribution in [0.1, 0.15) is 31.4 Å². The predicted octanol–water partition coefficient (Wildman–Crippen LogP) is 2.76. The predicted molar refractivity (Wildman–Crippen MR) is 56.0 cm³/mol. The van der Waals surface area contributed by atoms with Crippen molar-refractivity contribution in [2.24, 2.45) is 0 Å². The molecule has 1 aromatic carbocycles. The molecule has 2 heteroatoms. The summed E-state index contributed by atoms with van der Waals surface area (Å²) in [6, 6.07) is 3.76. The van der Waals surface area contributed by atoms with E-state index in [0.717, 1.165) is 29.9 Å². The van der Waals surface area contributed by atoms with Gasteiger partial charge in [-0.25, -0.2) is 0 Å². The monoisotopic (exact) mass is 192 g/mol. The number of hydrogen-bond donors (Lipinski definition) is 1. The topological polar surface area (TPSA) is 29.5 Å². The quantitative estimate of drug-likeness (QED) is 0.685. The van der Waals surface area contributed by atoms with Gasteiger partial charge in [0.15, 0.2) is 0 Å². The van der Waals surface area contributed by atoms with E-state index in [4.69, 9.17) is 4.74 Å². The molecule has 0 aliphatic carbocycles. The third kappa shape index (κ3) is 1.35. The number of aryl methyl sites for hydroxylation is 1. The highest BCUT2D eigenvalue weighted by molar-refractivity contribution is 5.49. The summed E-state index contributed by atoms with van der Waals surface area (Å²) in [5.41, 5.74) is 2.10. The third-order valence-corrected chi connectivity index (χ3v) is 3.01. The fourth-order valence-corrected chi connectivity index (χ4v) is 1.87. The van der Waals surface area contributed by atoms with E-state index in [0.29, 0.717) is 5.75 Å². The molecule has 2 nitrogen and oxygen atoms in total. The first-order valence-electron chi connectivity index (χ1n) is 4.97. The number of aromatic hydroxyl groups is 1. The van der Waals surface area contributed by atoms with Crippen molar-refractivity contribution in [2.45, 2.75) is 32.6 Å². The fraction of sp³-hybridized carbons (Fsp3) is 0.500. The molecule has 0 amide bonds. The number of fused-ring (bicyclic) bond motifs is 1. The Morgan fingerprint density at radius 2 is 2.07 bits per heavy atom. The molecule has 0 saturated carbocycles. The van der Waals surface area contributed by atoms with E-state index in [1.165, 1.54) is 0 Å². The summed E-state index contributed by atoms with van der Waals surface area (Å²) in [7, 11) is 0. The molecule has 0 fully saturated rings. The normalized spacial score (nSPS) is 18.5. The zero-order valence-electron chi connectivity index (χ0n) is 8.92. The highest BCUT2D eigenvalue weighted by Gasteiger charge is 2.29. The minimum absolute atomic E-state index is 0.110. The van der Waals surface area contributed by atoms with E-state index in [1.54, 1.807) is 0 Å². The number of phenolic OH excluding ortho intramolecular Hbond substituents is 1. The van der Waals surface area contributed by atoms with Crippen molar-refractivity contribution in [1.82, 2.24) is 0 Å². The van der Waals surface area contributed by atoms with Crippen LogP contribution in [-0.2, 0) is 5.41 Å². The van der Waals surface area contributed by atoms with Crippen molar-refractivity contribution >= 4 is 0 Å². The highest BCUT2D eigenvalue weighted by atomic mass is 16.5. The van der Waals surface area contributed by atoms with E-state index in [2.05, 4.69) is 13.8 Å². The lowest BCUT2D eigenvalue weighted by Gasteiger charge is -2.32. The fourth-order valence-electron chi connectivity index (χ4n) is 1.87. The molecule has 1 heterocycles. The molecule has 0 radical (unpaired) electrons. The molecule has 1 aliphatic heterocycles. The van der Waals surface area contributed by atoms with Crippen LogP contribution in [0, 0.1) is 6.92 Å². The summed E-state index contributed by atoms with van der Waals surface area (Å²) in [4.78, 5) is 0. The number of ether oxygens (including phenoxy) is 1. The number of hydrogen-bond acceptors (Lipinski definition) is 2. The van der Waals surface area contributed by atoms with Crippen LogP contribution in [0.25, 0.3) is 0 Å². The molecule has 1 aliphatic rings. The Kier molecular flexibility index (Phi) is 1.95. The lowest BCUT2D eigenvalue weighted by atomic mass is 9.79. The molecule has 76 valence electrons. The minimum Gasteiger partial charge on any atom is -0.508 e. The number of rotatable bonds is 0. The van der Waals surface area contributed by atoms with Crippen molar-refractivity contribution in [2.75, 3.05) is 6.61 Å². The van der Waals surface area contributed by atoms with E-state index >= 15 is 0 Å². The Morgan fingerprint density at radius 1 is 1.36 bits per heavy atom. The van der Waals surface area contributed by atoms with Gasteiger partial charge in [0.1, 0.15) is 11.5 Å². The lowest BCUT2D eigenvalue weighted by molar-refractivity contribution is 0.233. The maximum Gasteiger partial charge on any atom is 0.123 e. The molecule has 0 unspecified atom stereocenters. The third-order valence-electron chi connectivity index (χ3n) is 3.01. The first-order chi connectivity index (χ1) is 6.50. The molecule has 1 N–H and O–H groups in total. The van der Waals surface area contributed by atoms with E-state index in [9.17, 15) is 5.11 Å². The van der Waals surface area contributed by atoms with Gasteiger partial charge in [0.05, 0.1) is 6.61 Å². The van der Waals surface area contributed by atoms with Crippen molar-refractivity contribution in [3.05, 3.63) is 23.3 Å². The van der Waals surface area contributed by atoms with Crippen LogP contribution in [0.15, 0.2) is 12.1 Å². The Bertz CT molecular complexity index is 367. The maximum atomic E-state index is 9.65. The van der Waals surface area contributed by atoms with Gasteiger partial charge in [-0.15, -0.1) is 0 Å². The van der Waals surface area contributed by atoms with Crippen molar-refractivity contribution in [3.8, 4) is 11.5 Å². The Hall–Kier alpha value is -1.18. The van der Waals surface area contributed by atoms with Gasteiger partial charge < -0.3 is 9.84 Å². The van der Waals surface area contributed by atoms with Gasteiger partial charge in [-0.05, 0) is 36.5 Å². The summed E-state index contributed by atoms with van der Waals surface area (Å²) in [6.07, 6.45) is 1.00. The van der Waals surface area contributed by atoms with Gasteiger partial charge in [0.25, 0.3) is 0 Å². The summed E-state index contributed by atoms with van der Waals surface area (Å²) >= 11 is 0. The zero-order chi connectivity index (χ0) is 10.3. The van der Waals surface area contributed by atoms with Gasteiger partial charge in [-0.1, -0.05) is 13.8 Å². The first kappa shape index (κ1) is 9.38. The second-order valence-corrected chi connectivity index (χ2v) is 4.62. The van der Waals surface area contributed by atoms with Crippen LogP contribution in [0.4, 0.5) is 0 Å². The van der Waals surface area contributed by atoms with Crippen LogP contribution in [0.3, 0.4) is 0 Å². The molecule has 1 aromatic rings. The second-order valence-electron chi connectivity index (χ2n) is 4.62. The van der Waals surface area contributed by atoms with Crippen molar-refractivity contribution in [3.63, 3.8) is 0 Å².